The molecule has 0 aliphatic heterocycles. The molecule has 0 atom stereocenters. The number of alkyl halides is 2. The fourth-order valence-electron chi connectivity index (χ4n) is 0. The quantitative estimate of drug-likeness (QED) is 0.231. The molecule has 0 heterocycles. The van der Waals surface area contributed by atoms with E-state index in [0.29, 0.717) is 0 Å². The predicted molar refractivity (Wildman–Crippen MR) is 16.6 cm³/mol. The van der Waals surface area contributed by atoms with Crippen LogP contribution in [0.25, 0.3) is 0 Å². The Labute approximate surface area is 101 Å². The van der Waals surface area contributed by atoms with Crippen LogP contribution >= 0.6 is 23.2 Å². The summed E-state index contributed by atoms with van der Waals surface area (Å²) in [5.74, 6) is 0. The Morgan fingerprint density at radius 2 is 1.20 bits per heavy atom. The first kappa shape index (κ1) is 15.7. The van der Waals surface area contributed by atoms with E-state index in [-0.39, 0.29) is 80.7 Å². The van der Waals surface area contributed by atoms with Gasteiger partial charge in [0.1, 0.15) is 0 Å². The van der Waals surface area contributed by atoms with Gasteiger partial charge in [0.15, 0.2) is 0 Å². The van der Waals surface area contributed by atoms with Crippen LogP contribution in [0, 0.1) is 0 Å². The van der Waals surface area contributed by atoms with Gasteiger partial charge in [0.2, 0.25) is 0 Å². The molecule has 0 radical (unpaired) electrons. The zero-order chi connectivity index (χ0) is 2.71. The smallest absolute Gasteiger partial charge is 1.00 e. The van der Waals surface area contributed by atoms with Crippen molar-refractivity contribution < 1.29 is 75.4 Å². The molecule has 0 aromatic carbocycles. The average Bonchev–Trinajstić information content (AvgIpc) is 0.918. The van der Waals surface area contributed by atoms with Gasteiger partial charge in [-0.05, 0) is 0 Å². The fourth-order valence-corrected chi connectivity index (χ4v) is 0. The van der Waals surface area contributed by atoms with Gasteiger partial charge in [0.05, 0.1) is 5.34 Å². The molecule has 0 unspecified atom stereocenters. The van der Waals surface area contributed by atoms with Crippen molar-refractivity contribution in [1.29, 1.82) is 0 Å². The third kappa shape index (κ3) is 19.6. The second kappa shape index (κ2) is 15.8. The van der Waals surface area contributed by atoms with Gasteiger partial charge < -0.3 is 24.0 Å². The van der Waals surface area contributed by atoms with E-state index in [0.717, 1.165) is 0 Å². The standard InChI is InChI=1S/CH2Cl2.HI.K/c2-1-3;;/h1H2;1H;/q;;+1/p-1. The van der Waals surface area contributed by atoms with Crippen molar-refractivity contribution in [2.75, 3.05) is 5.34 Å². The molecule has 28 valence electrons. The second-order valence-electron chi connectivity index (χ2n) is 0.101. The molecule has 0 spiro atoms. The molecule has 0 rings (SSSR count). The summed E-state index contributed by atoms with van der Waals surface area (Å²) in [6.45, 7) is 0. The summed E-state index contributed by atoms with van der Waals surface area (Å²) >= 11 is 9.53. The summed E-state index contributed by atoms with van der Waals surface area (Å²) in [4.78, 5) is 0. The Bertz CT molecular complexity index is 9.61. The van der Waals surface area contributed by atoms with Gasteiger partial charge in [-0.15, -0.1) is 23.2 Å². The SMILES string of the molecule is ClCCl.[I-].[K+]. The third-order valence-corrected chi connectivity index (χ3v) is 0. The molecule has 0 aliphatic carbocycles. The number of halogens is 3. The Kier molecular flexibility index (Phi) is 49.4. The minimum absolute atomic E-state index is 0. The summed E-state index contributed by atoms with van der Waals surface area (Å²) in [6, 6.07) is 0. The summed E-state index contributed by atoms with van der Waals surface area (Å²) in [5, 5.41) is 0.194. The van der Waals surface area contributed by atoms with E-state index in [2.05, 4.69) is 0 Å². The molecular formula is CH2Cl2IK. The van der Waals surface area contributed by atoms with Gasteiger partial charge in [0.25, 0.3) is 0 Å². The topological polar surface area (TPSA) is 0 Å². The Hall–Kier alpha value is 2.95. The number of hydrogen-bond donors (Lipinski definition) is 0. The third-order valence-electron chi connectivity index (χ3n) is 0. The monoisotopic (exact) mass is 250 g/mol. The Morgan fingerprint density at radius 1 is 1.20 bits per heavy atom. The van der Waals surface area contributed by atoms with Crippen molar-refractivity contribution in [3.05, 3.63) is 0 Å². The largest absolute Gasteiger partial charge is 1.00 e. The van der Waals surface area contributed by atoms with Crippen LogP contribution in [0.1, 0.15) is 0 Å². The molecule has 0 amide bonds. The average molecular weight is 251 g/mol. The molecule has 0 saturated carbocycles. The molecule has 0 fully saturated rings. The van der Waals surface area contributed by atoms with Gasteiger partial charge >= 0.3 is 51.4 Å². The zero-order valence-electron chi connectivity index (χ0n) is 2.84. The molecule has 4 heteroatoms. The van der Waals surface area contributed by atoms with Gasteiger partial charge in [-0.3, -0.25) is 0 Å². The van der Waals surface area contributed by atoms with Gasteiger partial charge in [-0.1, -0.05) is 0 Å². The van der Waals surface area contributed by atoms with E-state index < -0.39 is 0 Å². The van der Waals surface area contributed by atoms with Crippen LogP contribution < -0.4 is 75.4 Å². The summed E-state index contributed by atoms with van der Waals surface area (Å²) in [6.07, 6.45) is 0. The van der Waals surface area contributed by atoms with Gasteiger partial charge in [-0.2, -0.15) is 0 Å². The minimum atomic E-state index is 0. The molecule has 0 aliphatic rings. The predicted octanol–water partition coefficient (Wildman–Crippen LogP) is -4.57. The minimum Gasteiger partial charge on any atom is -1.00 e. The van der Waals surface area contributed by atoms with Crippen molar-refractivity contribution >= 4 is 23.2 Å². The van der Waals surface area contributed by atoms with Crippen molar-refractivity contribution in [2.45, 2.75) is 0 Å². The van der Waals surface area contributed by atoms with E-state index in [1.807, 2.05) is 0 Å². The van der Waals surface area contributed by atoms with E-state index in [1.54, 1.807) is 0 Å². The van der Waals surface area contributed by atoms with Crippen molar-refractivity contribution in [1.82, 2.24) is 0 Å². The van der Waals surface area contributed by atoms with E-state index in [1.165, 1.54) is 0 Å². The molecule has 0 nitrogen and oxygen atoms in total. The maximum atomic E-state index is 4.76. The van der Waals surface area contributed by atoms with E-state index >= 15 is 0 Å². The molecular weight excluding hydrogens is 249 g/mol. The van der Waals surface area contributed by atoms with Crippen LogP contribution in [0.3, 0.4) is 0 Å². The summed E-state index contributed by atoms with van der Waals surface area (Å²) in [7, 11) is 0. The van der Waals surface area contributed by atoms with Crippen LogP contribution in [0.15, 0.2) is 0 Å². The first-order chi connectivity index (χ1) is 1.41. The van der Waals surface area contributed by atoms with Crippen LogP contribution in [0.2, 0.25) is 0 Å². The maximum absolute atomic E-state index is 4.76. The summed E-state index contributed by atoms with van der Waals surface area (Å²) < 4.78 is 0. The maximum Gasteiger partial charge on any atom is 1.00 e. The molecule has 0 aromatic heterocycles. The fraction of sp³-hybridized carbons (Fsp3) is 1.00. The van der Waals surface area contributed by atoms with Crippen molar-refractivity contribution in [3.63, 3.8) is 0 Å². The molecule has 0 aromatic rings. The zero-order valence-corrected chi connectivity index (χ0v) is 9.63. The molecule has 0 saturated heterocycles. The molecule has 0 bridgehead atoms. The number of rotatable bonds is 0. The van der Waals surface area contributed by atoms with Crippen LogP contribution in [-0.4, -0.2) is 5.34 Å². The first-order valence-corrected chi connectivity index (χ1v) is 1.60. The van der Waals surface area contributed by atoms with Crippen LogP contribution in [0.4, 0.5) is 0 Å². The van der Waals surface area contributed by atoms with E-state index in [4.69, 9.17) is 23.2 Å². The first-order valence-electron chi connectivity index (χ1n) is 0.535. The Morgan fingerprint density at radius 3 is 1.20 bits per heavy atom. The van der Waals surface area contributed by atoms with Crippen molar-refractivity contribution in [3.8, 4) is 0 Å². The number of hydrogen-bond acceptors (Lipinski definition) is 0. The second-order valence-corrected chi connectivity index (χ2v) is 0.909. The Balaban J connectivity index is -0.0000000200. The summed E-state index contributed by atoms with van der Waals surface area (Å²) in [5.41, 5.74) is 0. The molecule has 5 heavy (non-hydrogen) atoms. The van der Waals surface area contributed by atoms with Gasteiger partial charge in [-0.25, -0.2) is 0 Å². The van der Waals surface area contributed by atoms with Crippen LogP contribution in [0.5, 0.6) is 0 Å². The normalized spacial score (nSPS) is 3.60. The molecule has 0 N–H and O–H groups in total. The van der Waals surface area contributed by atoms with E-state index in [9.17, 15) is 0 Å². The van der Waals surface area contributed by atoms with Crippen LogP contribution in [-0.2, 0) is 0 Å². The van der Waals surface area contributed by atoms with Crippen molar-refractivity contribution in [2.24, 2.45) is 0 Å². The van der Waals surface area contributed by atoms with Gasteiger partial charge in [0, 0.05) is 0 Å².